The van der Waals surface area contributed by atoms with E-state index < -0.39 is 58.5 Å². The van der Waals surface area contributed by atoms with Crippen molar-refractivity contribution < 1.29 is 63.4 Å². The molecule has 1 N–H and O–H groups in total. The van der Waals surface area contributed by atoms with Gasteiger partial charge in [-0.15, -0.1) is 0 Å². The summed E-state index contributed by atoms with van der Waals surface area (Å²) in [7, 11) is 0. The van der Waals surface area contributed by atoms with Gasteiger partial charge in [0.2, 0.25) is 34.8 Å². The number of hydrogen-bond donors (Lipinski definition) is 1. The number of nitrogens with zero attached hydrogens (tertiary/aromatic N) is 2. The summed E-state index contributed by atoms with van der Waals surface area (Å²) in [6, 6.07) is -1.63. The maximum atomic E-state index is 13.8. The van der Waals surface area contributed by atoms with Crippen molar-refractivity contribution in [2.45, 2.75) is 38.8 Å². The molecule has 0 spiro atoms. The topological polar surface area (TPSA) is 91.6 Å². The van der Waals surface area contributed by atoms with Gasteiger partial charge in [-0.05, 0) is 27.2 Å². The Bertz CT molecular complexity index is 890. The number of halogens is 5. The minimum Gasteiger partial charge on any atom is -0.450 e. The van der Waals surface area contributed by atoms with Gasteiger partial charge in [0.05, 0.1) is 0 Å². The van der Waals surface area contributed by atoms with E-state index in [4.69, 9.17) is 4.74 Å². The summed E-state index contributed by atoms with van der Waals surface area (Å²) in [4.78, 5) is 31.7. The normalized spacial score (nSPS) is 12.0. The van der Waals surface area contributed by atoms with Crippen LogP contribution < -0.4 is 15.0 Å². The van der Waals surface area contributed by atoms with Gasteiger partial charge in [0.15, 0.2) is 0 Å². The van der Waals surface area contributed by atoms with Crippen LogP contribution in [-0.4, -0.2) is 28.7 Å². The fraction of sp³-hybridized carbons (Fsp3) is 0.353. The summed E-state index contributed by atoms with van der Waals surface area (Å²) in [5.74, 6) is -15.0. The predicted octanol–water partition coefficient (Wildman–Crippen LogP) is 2.77. The molecule has 30 heavy (non-hydrogen) atoms. The number of carbonyl (C=O) groups is 2. The van der Waals surface area contributed by atoms with Crippen LogP contribution in [0.3, 0.4) is 0 Å². The van der Waals surface area contributed by atoms with Crippen LogP contribution in [0.25, 0.3) is 0 Å². The number of alkyl carbamates (subject to hydrolysis) is 1. The Balaban J connectivity index is 0.00000450. The van der Waals surface area contributed by atoms with Crippen LogP contribution in [0, 0.1) is 29.1 Å². The van der Waals surface area contributed by atoms with Crippen molar-refractivity contribution in [1.29, 1.82) is 0 Å². The molecule has 0 aliphatic rings. The Morgan fingerprint density at radius 2 is 1.60 bits per heavy atom. The summed E-state index contributed by atoms with van der Waals surface area (Å²) >= 11 is 0. The molecule has 1 aromatic heterocycles. The molecule has 2 rings (SSSR count). The first-order valence-corrected chi connectivity index (χ1v) is 8.05. The summed E-state index contributed by atoms with van der Waals surface area (Å²) in [6.45, 7) is 4.62. The second kappa shape index (κ2) is 10.0. The smallest absolute Gasteiger partial charge is 0.408 e. The number of rotatable bonds is 5. The fourth-order valence-corrected chi connectivity index (χ4v) is 2.06. The molecule has 0 bridgehead atoms. The number of hydrogen-bond acceptors (Lipinski definition) is 5. The van der Waals surface area contributed by atoms with Crippen molar-refractivity contribution >= 4 is 12.1 Å². The molecule has 163 valence electrons. The van der Waals surface area contributed by atoms with E-state index in [1.165, 1.54) is 27.0 Å². The molecule has 0 saturated heterocycles. The Labute approximate surface area is 182 Å². The molecule has 0 saturated carbocycles. The monoisotopic (exact) mass is 601 g/mol. The first-order valence-electron chi connectivity index (χ1n) is 8.05. The van der Waals surface area contributed by atoms with E-state index in [1.807, 2.05) is 0 Å². The van der Waals surface area contributed by atoms with Crippen LogP contribution in [0.4, 0.5) is 26.7 Å². The molecular weight excluding hydrogens is 586 g/mol. The predicted molar refractivity (Wildman–Crippen MR) is 86.3 cm³/mol. The maximum absolute atomic E-state index is 13.8. The van der Waals surface area contributed by atoms with Gasteiger partial charge in [0.25, 0.3) is 0 Å². The minimum absolute atomic E-state index is 0. The Hall–Kier alpha value is -2.44. The van der Waals surface area contributed by atoms with E-state index in [2.05, 4.69) is 20.0 Å². The van der Waals surface area contributed by atoms with Crippen molar-refractivity contribution in [2.75, 3.05) is 0 Å². The van der Waals surface area contributed by atoms with Crippen LogP contribution in [0.2, 0.25) is 0 Å². The number of ether oxygens (including phenoxy) is 2. The molecule has 1 unspecified atom stereocenters. The molecule has 7 nitrogen and oxygen atoms in total. The quantitative estimate of drug-likeness (QED) is 0.187. The Morgan fingerprint density at radius 1 is 1.07 bits per heavy atom. The second-order valence-corrected chi connectivity index (χ2v) is 6.74. The van der Waals surface area contributed by atoms with E-state index >= 15 is 0 Å². The zero-order valence-corrected chi connectivity index (χ0v) is 19.0. The number of esters is 1. The van der Waals surface area contributed by atoms with Crippen LogP contribution in [0.1, 0.15) is 26.5 Å². The largest absolute Gasteiger partial charge is 0.450 e. The van der Waals surface area contributed by atoms with Gasteiger partial charge in [0.1, 0.15) is 11.6 Å². The molecule has 1 radical (unpaired) electrons. The van der Waals surface area contributed by atoms with Gasteiger partial charge in [0, 0.05) is 22.4 Å². The summed E-state index contributed by atoms with van der Waals surface area (Å²) < 4.78 is 76.6. The average molecular weight is 601 g/mol. The van der Waals surface area contributed by atoms with Crippen molar-refractivity contribution in [3.8, 4) is 5.75 Å². The molecule has 1 heterocycles. The molecule has 1 aromatic carbocycles. The number of imidazole rings is 1. The third-order valence-electron chi connectivity index (χ3n) is 3.27. The third-order valence-corrected chi connectivity index (χ3v) is 3.27. The van der Waals surface area contributed by atoms with E-state index in [1.54, 1.807) is 0 Å². The van der Waals surface area contributed by atoms with Gasteiger partial charge in [-0.2, -0.15) is 8.78 Å². The number of aromatic nitrogens is 2. The summed E-state index contributed by atoms with van der Waals surface area (Å²) in [5, 5.41) is 2.10. The number of benzene rings is 1. The van der Waals surface area contributed by atoms with Gasteiger partial charge in [-0.3, -0.25) is 0 Å². The van der Waals surface area contributed by atoms with Gasteiger partial charge in [-0.25, -0.2) is 22.8 Å². The first kappa shape index (κ1) is 25.6. The fourth-order valence-electron chi connectivity index (χ4n) is 2.06. The Morgan fingerprint density at radius 3 is 2.07 bits per heavy atom. The zero-order chi connectivity index (χ0) is 21.9. The molecule has 2 aromatic rings. The Kier molecular flexibility index (Phi) is 8.57. The number of nitrogens with one attached hydrogen (secondary N) is 1. The summed E-state index contributed by atoms with van der Waals surface area (Å²) in [5.41, 5.74) is -0.763. The van der Waals surface area contributed by atoms with Crippen LogP contribution >= 0.6 is 0 Å². The van der Waals surface area contributed by atoms with E-state index in [9.17, 15) is 31.5 Å². The minimum atomic E-state index is -2.41. The van der Waals surface area contributed by atoms with Crippen LogP contribution in [0.15, 0.2) is 12.5 Å². The third kappa shape index (κ3) is 6.28. The van der Waals surface area contributed by atoms with Gasteiger partial charge < -0.3 is 24.8 Å². The standard InChI is InChI=1S/C17H16F5N3O4.Ta/c1-17(2,3)29-16(27)25-8(4-7-5-23-6-24-7)15(26)28-14-12(21)10(19)9(18)11(20)13(14)22;/h5-6,8H,4H2,1-3H3,(H2,23,24,25,27);/p-1. The maximum Gasteiger partial charge on any atom is 0.408 e. The zero-order valence-electron chi connectivity index (χ0n) is 15.8. The molecule has 1 atom stereocenters. The average Bonchev–Trinajstić information content (AvgIpc) is 3.12. The number of amides is 1. The van der Waals surface area contributed by atoms with Crippen molar-refractivity contribution in [3.63, 3.8) is 0 Å². The molecule has 0 fully saturated rings. The van der Waals surface area contributed by atoms with Crippen LogP contribution in [0.5, 0.6) is 5.75 Å². The van der Waals surface area contributed by atoms with E-state index in [-0.39, 0.29) is 34.5 Å². The van der Waals surface area contributed by atoms with E-state index in [0.717, 1.165) is 6.33 Å². The second-order valence-electron chi connectivity index (χ2n) is 6.74. The van der Waals surface area contributed by atoms with Crippen molar-refractivity contribution in [2.24, 2.45) is 0 Å². The van der Waals surface area contributed by atoms with E-state index in [0.29, 0.717) is 0 Å². The molecule has 1 amide bonds. The van der Waals surface area contributed by atoms with Gasteiger partial charge in [-0.1, -0.05) is 18.2 Å². The molecule has 0 aliphatic heterocycles. The first-order chi connectivity index (χ1) is 13.4. The molecular formula is C17H15F5N3O4Ta-. The molecule has 0 aliphatic carbocycles. The number of carbonyl (C=O) groups excluding carboxylic acids is 2. The van der Waals surface area contributed by atoms with Crippen molar-refractivity contribution in [3.05, 3.63) is 47.3 Å². The van der Waals surface area contributed by atoms with Crippen LogP contribution in [-0.2, 0) is 38.3 Å². The van der Waals surface area contributed by atoms with Gasteiger partial charge >= 0.3 is 12.1 Å². The molecule has 13 heteroatoms. The summed E-state index contributed by atoms with van der Waals surface area (Å²) in [6.07, 6.45) is 0.925. The SMILES string of the molecule is CC(C)(C)OC(=O)NC(Cc1c[n-]cn1)C(=O)Oc1c(F)c(F)c(F)c(F)c1F.[Ta]. The van der Waals surface area contributed by atoms with Crippen molar-refractivity contribution in [1.82, 2.24) is 15.3 Å².